The topological polar surface area (TPSA) is 55.1 Å². The Morgan fingerprint density at radius 1 is 1.35 bits per heavy atom. The Morgan fingerprint density at radius 3 is 2.75 bits per heavy atom. The zero-order valence-electron chi connectivity index (χ0n) is 10.4. The van der Waals surface area contributed by atoms with Crippen LogP contribution in [-0.2, 0) is 11.3 Å². The summed E-state index contributed by atoms with van der Waals surface area (Å²) in [6.07, 6.45) is 0. The van der Waals surface area contributed by atoms with Gasteiger partial charge in [0, 0.05) is 26.5 Å². The second-order valence-electron chi connectivity index (χ2n) is 3.94. The average molecular weight is 436 g/mol. The van der Waals surface area contributed by atoms with E-state index in [2.05, 4.69) is 43.2 Å². The summed E-state index contributed by atoms with van der Waals surface area (Å²) in [7, 11) is 0. The maximum atomic E-state index is 10.9. The number of halogens is 2. The van der Waals surface area contributed by atoms with Crippen LogP contribution in [0.5, 0.6) is 0 Å². The van der Waals surface area contributed by atoms with E-state index in [1.54, 1.807) is 11.3 Å². The number of anilines is 1. The molecule has 0 bridgehead atoms. The quantitative estimate of drug-likeness (QED) is 0.658. The SMILES string of the molecule is NC(=O)CSc1ccccc1NCc1cc(Br)c(Br)s1. The van der Waals surface area contributed by atoms with Crippen molar-refractivity contribution < 1.29 is 4.79 Å². The summed E-state index contributed by atoms with van der Waals surface area (Å²) in [5.41, 5.74) is 6.20. The minimum Gasteiger partial charge on any atom is -0.379 e. The van der Waals surface area contributed by atoms with Crippen molar-refractivity contribution in [3.8, 4) is 0 Å². The summed E-state index contributed by atoms with van der Waals surface area (Å²) < 4.78 is 2.15. The lowest BCUT2D eigenvalue weighted by molar-refractivity contribution is -0.115. The molecule has 0 radical (unpaired) electrons. The average Bonchev–Trinajstić information content (AvgIpc) is 2.74. The molecule has 0 saturated carbocycles. The third-order valence-corrected chi connectivity index (χ3v) is 6.76. The first-order valence-electron chi connectivity index (χ1n) is 5.74. The maximum Gasteiger partial charge on any atom is 0.227 e. The van der Waals surface area contributed by atoms with Gasteiger partial charge in [0.1, 0.15) is 0 Å². The first-order chi connectivity index (χ1) is 9.56. The summed E-state index contributed by atoms with van der Waals surface area (Å²) >= 11 is 10.1. The number of amides is 1. The third-order valence-electron chi connectivity index (χ3n) is 2.41. The summed E-state index contributed by atoms with van der Waals surface area (Å²) in [5, 5.41) is 3.39. The number of carbonyl (C=O) groups excluding carboxylic acids is 1. The summed E-state index contributed by atoms with van der Waals surface area (Å²) in [6.45, 7) is 0.739. The molecule has 106 valence electrons. The summed E-state index contributed by atoms with van der Waals surface area (Å²) in [5.74, 6) is -0.0228. The van der Waals surface area contributed by atoms with Crippen LogP contribution < -0.4 is 11.1 Å². The van der Waals surface area contributed by atoms with Crippen molar-refractivity contribution in [3.05, 3.63) is 43.5 Å². The third kappa shape index (κ3) is 4.51. The zero-order valence-corrected chi connectivity index (χ0v) is 15.2. The van der Waals surface area contributed by atoms with E-state index >= 15 is 0 Å². The predicted octanol–water partition coefficient (Wildman–Crippen LogP) is 4.46. The highest BCUT2D eigenvalue weighted by molar-refractivity contribution is 9.13. The molecule has 1 aromatic heterocycles. The van der Waals surface area contributed by atoms with Gasteiger partial charge in [-0.25, -0.2) is 0 Å². The van der Waals surface area contributed by atoms with E-state index in [0.29, 0.717) is 0 Å². The highest BCUT2D eigenvalue weighted by Crippen LogP contribution is 2.33. The van der Waals surface area contributed by atoms with Crippen molar-refractivity contribution >= 4 is 66.6 Å². The van der Waals surface area contributed by atoms with Gasteiger partial charge in [-0.05, 0) is 50.1 Å². The van der Waals surface area contributed by atoms with E-state index in [0.717, 1.165) is 25.4 Å². The molecule has 20 heavy (non-hydrogen) atoms. The molecule has 0 fully saturated rings. The second kappa shape index (κ2) is 7.49. The number of rotatable bonds is 6. The monoisotopic (exact) mass is 434 g/mol. The van der Waals surface area contributed by atoms with Gasteiger partial charge in [0.15, 0.2) is 0 Å². The standard InChI is InChI=1S/C13H12Br2N2OS2/c14-9-5-8(20-13(9)15)6-17-10-3-1-2-4-11(10)19-7-12(16)18/h1-5,17H,6-7H2,(H2,16,18). The fourth-order valence-corrected chi connectivity index (χ4v) is 4.43. The van der Waals surface area contributed by atoms with Crippen LogP contribution in [0.3, 0.4) is 0 Å². The number of hydrogen-bond acceptors (Lipinski definition) is 4. The number of carbonyl (C=O) groups is 1. The van der Waals surface area contributed by atoms with Crippen molar-refractivity contribution in [2.24, 2.45) is 5.73 Å². The van der Waals surface area contributed by atoms with Crippen LogP contribution in [0, 0.1) is 0 Å². The van der Waals surface area contributed by atoms with E-state index in [-0.39, 0.29) is 11.7 Å². The van der Waals surface area contributed by atoms with E-state index in [4.69, 9.17) is 5.73 Å². The minimum atomic E-state index is -0.309. The second-order valence-corrected chi connectivity index (χ2v) is 8.27. The smallest absolute Gasteiger partial charge is 0.227 e. The van der Waals surface area contributed by atoms with E-state index in [1.807, 2.05) is 24.3 Å². The molecule has 3 N–H and O–H groups in total. The van der Waals surface area contributed by atoms with E-state index in [9.17, 15) is 4.79 Å². The highest BCUT2D eigenvalue weighted by Gasteiger charge is 2.07. The lowest BCUT2D eigenvalue weighted by atomic mass is 10.3. The van der Waals surface area contributed by atoms with E-state index < -0.39 is 0 Å². The number of primary amides is 1. The normalized spacial score (nSPS) is 10.5. The van der Waals surface area contributed by atoms with Crippen LogP contribution in [0.25, 0.3) is 0 Å². The molecule has 0 aliphatic heterocycles. The Kier molecular flexibility index (Phi) is 5.95. The molecule has 1 heterocycles. The number of hydrogen-bond donors (Lipinski definition) is 2. The van der Waals surface area contributed by atoms with Gasteiger partial charge in [0.05, 0.1) is 9.54 Å². The molecule has 0 saturated heterocycles. The van der Waals surface area contributed by atoms with Crippen molar-refractivity contribution in [2.75, 3.05) is 11.1 Å². The minimum absolute atomic E-state index is 0.286. The van der Waals surface area contributed by atoms with Crippen LogP contribution >= 0.6 is 55.0 Å². The summed E-state index contributed by atoms with van der Waals surface area (Å²) in [6, 6.07) is 9.99. The number of thiophene rings is 1. The van der Waals surface area contributed by atoms with E-state index in [1.165, 1.54) is 16.6 Å². The molecule has 0 atom stereocenters. The maximum absolute atomic E-state index is 10.9. The molecule has 0 aliphatic rings. The summed E-state index contributed by atoms with van der Waals surface area (Å²) in [4.78, 5) is 13.1. The van der Waals surface area contributed by atoms with Crippen LogP contribution in [0.2, 0.25) is 0 Å². The number of para-hydroxylation sites is 1. The molecule has 2 rings (SSSR count). The van der Waals surface area contributed by atoms with Gasteiger partial charge in [0.2, 0.25) is 5.91 Å². The first kappa shape index (κ1) is 15.9. The molecule has 1 aromatic carbocycles. The van der Waals surface area contributed by atoms with Gasteiger partial charge in [-0.1, -0.05) is 12.1 Å². The number of thioether (sulfide) groups is 1. The van der Waals surface area contributed by atoms with Gasteiger partial charge in [0.25, 0.3) is 0 Å². The van der Waals surface area contributed by atoms with Gasteiger partial charge >= 0.3 is 0 Å². The van der Waals surface area contributed by atoms with Crippen molar-refractivity contribution in [2.45, 2.75) is 11.4 Å². The lowest BCUT2D eigenvalue weighted by Gasteiger charge is -2.10. The van der Waals surface area contributed by atoms with Crippen molar-refractivity contribution in [1.82, 2.24) is 0 Å². The zero-order chi connectivity index (χ0) is 14.5. The Balaban J connectivity index is 2.03. The van der Waals surface area contributed by atoms with Gasteiger partial charge < -0.3 is 11.1 Å². The molecule has 2 aromatic rings. The fraction of sp³-hybridized carbons (Fsp3) is 0.154. The molecular weight excluding hydrogens is 424 g/mol. The van der Waals surface area contributed by atoms with Crippen LogP contribution in [0.4, 0.5) is 5.69 Å². The number of benzene rings is 1. The van der Waals surface area contributed by atoms with Crippen LogP contribution in [0.15, 0.2) is 43.5 Å². The Bertz CT molecular complexity index is 597. The van der Waals surface area contributed by atoms with Gasteiger partial charge in [-0.15, -0.1) is 23.1 Å². The number of nitrogens with two attached hydrogens (primary N) is 1. The van der Waals surface area contributed by atoms with Gasteiger partial charge in [-0.3, -0.25) is 4.79 Å². The Hall–Kier alpha value is -0.500. The Morgan fingerprint density at radius 2 is 2.10 bits per heavy atom. The van der Waals surface area contributed by atoms with Crippen molar-refractivity contribution in [3.63, 3.8) is 0 Å². The highest BCUT2D eigenvalue weighted by atomic mass is 79.9. The Labute approximate surface area is 142 Å². The number of nitrogens with one attached hydrogen (secondary N) is 1. The molecule has 3 nitrogen and oxygen atoms in total. The lowest BCUT2D eigenvalue weighted by Crippen LogP contribution is -2.13. The van der Waals surface area contributed by atoms with Crippen molar-refractivity contribution in [1.29, 1.82) is 0 Å². The molecule has 7 heteroatoms. The molecular formula is C13H12Br2N2OS2. The van der Waals surface area contributed by atoms with Gasteiger partial charge in [-0.2, -0.15) is 0 Å². The fourth-order valence-electron chi connectivity index (χ4n) is 1.55. The first-order valence-corrected chi connectivity index (χ1v) is 9.13. The van der Waals surface area contributed by atoms with Crippen LogP contribution in [-0.4, -0.2) is 11.7 Å². The molecule has 0 aliphatic carbocycles. The molecule has 1 amide bonds. The molecule has 0 unspecified atom stereocenters. The van der Waals surface area contributed by atoms with Crippen LogP contribution in [0.1, 0.15) is 4.88 Å². The molecule has 0 spiro atoms. The largest absolute Gasteiger partial charge is 0.379 e. The predicted molar refractivity (Wildman–Crippen MR) is 93.4 cm³/mol.